The summed E-state index contributed by atoms with van der Waals surface area (Å²) in [5, 5.41) is 0. The third-order valence-corrected chi connectivity index (χ3v) is 8.49. The molecule has 190 valence electrons. The fourth-order valence-electron chi connectivity index (χ4n) is 6.68. The van der Waals surface area contributed by atoms with Crippen molar-refractivity contribution in [1.29, 1.82) is 0 Å². The molecule has 1 saturated carbocycles. The van der Waals surface area contributed by atoms with Gasteiger partial charge in [-0.15, -0.1) is 0 Å². The number of hydrogen-bond acceptors (Lipinski definition) is 4. The normalized spacial score (nSPS) is 24.3. The Hall–Kier alpha value is -3.21. The van der Waals surface area contributed by atoms with Crippen LogP contribution in [0.3, 0.4) is 0 Å². The van der Waals surface area contributed by atoms with Crippen LogP contribution in [0.25, 0.3) is 16.7 Å². The van der Waals surface area contributed by atoms with Gasteiger partial charge in [-0.3, -0.25) is 4.79 Å². The van der Waals surface area contributed by atoms with E-state index in [9.17, 15) is 4.79 Å². The molecule has 3 aliphatic rings. The highest BCUT2D eigenvalue weighted by atomic mass is 16.7. The summed E-state index contributed by atoms with van der Waals surface area (Å²) in [6, 6.07) is 27.8. The molecule has 2 aliphatic carbocycles. The van der Waals surface area contributed by atoms with Gasteiger partial charge in [0.15, 0.2) is 5.79 Å². The molecule has 4 nitrogen and oxygen atoms in total. The van der Waals surface area contributed by atoms with E-state index in [4.69, 9.17) is 14.2 Å². The third-order valence-electron chi connectivity index (χ3n) is 8.49. The molecule has 0 bridgehead atoms. The van der Waals surface area contributed by atoms with Gasteiger partial charge in [0.05, 0.1) is 19.8 Å². The quantitative estimate of drug-likeness (QED) is 0.238. The van der Waals surface area contributed by atoms with Crippen LogP contribution in [0.1, 0.15) is 67.7 Å². The zero-order valence-electron chi connectivity index (χ0n) is 21.5. The molecule has 1 aliphatic heterocycles. The van der Waals surface area contributed by atoms with Gasteiger partial charge < -0.3 is 14.2 Å². The van der Waals surface area contributed by atoms with Crippen LogP contribution in [0, 0.1) is 5.41 Å². The summed E-state index contributed by atoms with van der Waals surface area (Å²) in [5.41, 5.74) is 7.42. The van der Waals surface area contributed by atoms with Crippen molar-refractivity contribution in [2.45, 2.75) is 56.8 Å². The van der Waals surface area contributed by atoms with Gasteiger partial charge in [-0.1, -0.05) is 84.9 Å². The smallest absolute Gasteiger partial charge is 0.305 e. The lowest BCUT2D eigenvalue weighted by atomic mass is 9.77. The van der Waals surface area contributed by atoms with E-state index in [0.717, 1.165) is 37.7 Å². The molecule has 1 unspecified atom stereocenters. The van der Waals surface area contributed by atoms with Crippen molar-refractivity contribution in [2.75, 3.05) is 13.7 Å². The van der Waals surface area contributed by atoms with Gasteiger partial charge in [0.2, 0.25) is 0 Å². The number of hydrogen-bond donors (Lipinski definition) is 0. The number of methoxy groups -OCH3 is 1. The first-order valence-corrected chi connectivity index (χ1v) is 13.5. The Balaban J connectivity index is 1.37. The van der Waals surface area contributed by atoms with Crippen LogP contribution >= 0.6 is 0 Å². The molecule has 3 atom stereocenters. The molecule has 0 aromatic heterocycles. The highest BCUT2D eigenvalue weighted by Gasteiger charge is 2.60. The minimum Gasteiger partial charge on any atom is -0.469 e. The summed E-state index contributed by atoms with van der Waals surface area (Å²) in [6.07, 6.45) is 8.11. The zero-order valence-corrected chi connectivity index (χ0v) is 21.5. The van der Waals surface area contributed by atoms with Crippen molar-refractivity contribution in [3.05, 3.63) is 102 Å². The molecule has 0 amide bonds. The van der Waals surface area contributed by atoms with Crippen molar-refractivity contribution < 1.29 is 19.0 Å². The first kappa shape index (κ1) is 24.1. The van der Waals surface area contributed by atoms with Gasteiger partial charge >= 0.3 is 5.97 Å². The van der Waals surface area contributed by atoms with E-state index in [0.29, 0.717) is 19.4 Å². The van der Waals surface area contributed by atoms with Crippen LogP contribution < -0.4 is 0 Å². The maximum atomic E-state index is 11.8. The highest BCUT2D eigenvalue weighted by Crippen LogP contribution is 2.60. The number of benzene rings is 3. The molecule has 6 rings (SSSR count). The van der Waals surface area contributed by atoms with Crippen LogP contribution in [0.2, 0.25) is 0 Å². The van der Waals surface area contributed by atoms with E-state index < -0.39 is 5.79 Å². The van der Waals surface area contributed by atoms with Gasteiger partial charge in [0, 0.05) is 18.3 Å². The Morgan fingerprint density at radius 2 is 1.54 bits per heavy atom. The summed E-state index contributed by atoms with van der Waals surface area (Å²) >= 11 is 0. The minimum atomic E-state index is -0.668. The second-order valence-corrected chi connectivity index (χ2v) is 10.5. The second-order valence-electron chi connectivity index (χ2n) is 10.5. The summed E-state index contributed by atoms with van der Waals surface area (Å²) in [5.74, 6) is -0.848. The fourth-order valence-corrected chi connectivity index (χ4v) is 6.68. The van der Waals surface area contributed by atoms with Crippen molar-refractivity contribution in [3.63, 3.8) is 0 Å². The van der Waals surface area contributed by atoms with Crippen molar-refractivity contribution in [2.24, 2.45) is 5.41 Å². The monoisotopic (exact) mass is 494 g/mol. The van der Waals surface area contributed by atoms with Gasteiger partial charge in [0.25, 0.3) is 0 Å². The molecule has 2 fully saturated rings. The Kier molecular flexibility index (Phi) is 6.48. The molecule has 0 N–H and O–H groups in total. The van der Waals surface area contributed by atoms with Crippen molar-refractivity contribution >= 4 is 11.5 Å². The van der Waals surface area contributed by atoms with Crippen LogP contribution in [0.15, 0.2) is 84.9 Å². The molecule has 1 heterocycles. The average molecular weight is 495 g/mol. The Labute approximate surface area is 219 Å². The fraction of sp³-hybridized carbons (Fsp3) is 0.364. The van der Waals surface area contributed by atoms with Crippen LogP contribution in [0.4, 0.5) is 0 Å². The van der Waals surface area contributed by atoms with Crippen LogP contribution in [-0.4, -0.2) is 25.5 Å². The standard InChI is InChI=1S/C33H34O4/c1-35-31(34)18-9-17-30(24-11-3-2-4-12-24)37-33-20-10-19-32(33,21-22-36-33)23-29-27-15-7-5-13-25(27)26-14-6-8-16-28(26)29/h2-8,11-16,23,30H,9-10,17-22H2,1H3/t30?,32-,33+/m1/s1. The predicted molar refractivity (Wildman–Crippen MR) is 145 cm³/mol. The average Bonchev–Trinajstić information content (AvgIpc) is 3.56. The topological polar surface area (TPSA) is 44.8 Å². The molecule has 4 heteroatoms. The number of ether oxygens (including phenoxy) is 3. The van der Waals surface area contributed by atoms with Crippen LogP contribution in [-0.2, 0) is 19.0 Å². The minimum absolute atomic E-state index is 0.150. The highest BCUT2D eigenvalue weighted by molar-refractivity contribution is 6.01. The summed E-state index contributed by atoms with van der Waals surface area (Å²) in [4.78, 5) is 11.8. The van der Waals surface area contributed by atoms with Gasteiger partial charge in [-0.25, -0.2) is 0 Å². The second kappa shape index (κ2) is 9.92. The third kappa shape index (κ3) is 4.22. The molecular weight excluding hydrogens is 460 g/mol. The molecule has 3 aromatic rings. The SMILES string of the molecule is COC(=O)CCCC(O[C@@]12CCC[C@]1(C=C1c3ccccc3-c3ccccc31)CCO2)c1ccccc1. The number of rotatable bonds is 8. The van der Waals surface area contributed by atoms with Gasteiger partial charge in [-0.2, -0.15) is 0 Å². The maximum absolute atomic E-state index is 11.8. The Morgan fingerprint density at radius 1 is 0.892 bits per heavy atom. The van der Waals surface area contributed by atoms with Crippen molar-refractivity contribution in [3.8, 4) is 11.1 Å². The van der Waals surface area contributed by atoms with E-state index in [-0.39, 0.29) is 17.5 Å². The molecule has 37 heavy (non-hydrogen) atoms. The molecule has 1 saturated heterocycles. The van der Waals surface area contributed by atoms with Crippen LogP contribution in [0.5, 0.6) is 0 Å². The molecule has 0 radical (unpaired) electrons. The molecular formula is C33H34O4. The van der Waals surface area contributed by atoms with E-state index in [1.54, 1.807) is 0 Å². The van der Waals surface area contributed by atoms with Crippen molar-refractivity contribution in [1.82, 2.24) is 0 Å². The number of carbonyl (C=O) groups is 1. The summed E-state index contributed by atoms with van der Waals surface area (Å²) in [7, 11) is 1.44. The number of fused-ring (bicyclic) bond motifs is 4. The predicted octanol–water partition coefficient (Wildman–Crippen LogP) is 7.49. The Bertz CT molecular complexity index is 1250. The van der Waals surface area contributed by atoms with Gasteiger partial charge in [-0.05, 0) is 65.5 Å². The van der Waals surface area contributed by atoms with Gasteiger partial charge in [0.1, 0.15) is 0 Å². The Morgan fingerprint density at radius 3 is 2.22 bits per heavy atom. The van der Waals surface area contributed by atoms with E-state index in [2.05, 4.69) is 78.9 Å². The maximum Gasteiger partial charge on any atom is 0.305 e. The first-order chi connectivity index (χ1) is 18.1. The van der Waals surface area contributed by atoms with E-state index >= 15 is 0 Å². The number of esters is 1. The van der Waals surface area contributed by atoms with E-state index in [1.165, 1.54) is 34.9 Å². The molecule has 0 spiro atoms. The summed E-state index contributed by atoms with van der Waals surface area (Å²) in [6.45, 7) is 0.691. The first-order valence-electron chi connectivity index (χ1n) is 13.5. The lowest BCUT2D eigenvalue weighted by Crippen LogP contribution is -2.43. The summed E-state index contributed by atoms with van der Waals surface area (Å²) < 4.78 is 18.6. The van der Waals surface area contributed by atoms with E-state index in [1.807, 2.05) is 6.07 Å². The lowest BCUT2D eigenvalue weighted by molar-refractivity contribution is -0.263. The molecule has 3 aromatic carbocycles. The largest absolute Gasteiger partial charge is 0.469 e. The lowest BCUT2D eigenvalue weighted by Gasteiger charge is -2.40. The number of carbonyl (C=O) groups excluding carboxylic acids is 1. The zero-order chi connectivity index (χ0) is 25.3.